The van der Waals surface area contributed by atoms with E-state index in [1.807, 2.05) is 24.3 Å². The first kappa shape index (κ1) is 20.0. The highest BCUT2D eigenvalue weighted by molar-refractivity contribution is 6.30. The van der Waals surface area contributed by atoms with Crippen LogP contribution in [0.5, 0.6) is 0 Å². The summed E-state index contributed by atoms with van der Waals surface area (Å²) in [6.07, 6.45) is 1.94. The van der Waals surface area contributed by atoms with Gasteiger partial charge in [-0.1, -0.05) is 35.9 Å². The van der Waals surface area contributed by atoms with Crippen molar-refractivity contribution < 1.29 is 14.0 Å². The molecular formula is C23H18ClFN2O3. The molecule has 0 saturated carbocycles. The maximum absolute atomic E-state index is 13.5. The van der Waals surface area contributed by atoms with Gasteiger partial charge in [0.1, 0.15) is 5.82 Å². The minimum absolute atomic E-state index is 0.138. The summed E-state index contributed by atoms with van der Waals surface area (Å²) in [6.45, 7) is 0.774. The Labute approximate surface area is 177 Å². The van der Waals surface area contributed by atoms with E-state index in [-0.39, 0.29) is 10.6 Å². The van der Waals surface area contributed by atoms with Crippen LogP contribution < -0.4 is 5.56 Å². The van der Waals surface area contributed by atoms with Gasteiger partial charge >= 0.3 is 0 Å². The van der Waals surface area contributed by atoms with Gasteiger partial charge in [0.25, 0.3) is 11.5 Å². The van der Waals surface area contributed by atoms with E-state index in [4.69, 9.17) is 11.6 Å². The van der Waals surface area contributed by atoms with Crippen LogP contribution in [0.3, 0.4) is 0 Å². The Morgan fingerprint density at radius 3 is 2.40 bits per heavy atom. The first-order valence-corrected chi connectivity index (χ1v) is 9.85. The number of rotatable bonds is 4. The molecule has 0 aliphatic carbocycles. The normalized spacial score (nSPS) is 14.1. The van der Waals surface area contributed by atoms with Crippen LogP contribution in [0, 0.1) is 5.82 Å². The molecule has 2 heterocycles. The van der Waals surface area contributed by atoms with Crippen molar-refractivity contribution in [1.82, 2.24) is 9.47 Å². The number of aromatic nitrogens is 1. The number of fused-ring (bicyclic) bond motifs is 1. The molecule has 1 aliphatic heterocycles. The molecule has 5 nitrogen and oxygen atoms in total. The topological polar surface area (TPSA) is 59.4 Å². The van der Waals surface area contributed by atoms with Gasteiger partial charge in [-0.15, -0.1) is 0 Å². The maximum Gasteiger partial charge on any atom is 0.254 e. The molecule has 0 spiro atoms. The summed E-state index contributed by atoms with van der Waals surface area (Å²) in [6, 6.07) is 13.9. The van der Waals surface area contributed by atoms with Gasteiger partial charge in [0.15, 0.2) is 11.8 Å². The molecule has 1 unspecified atom stereocenters. The van der Waals surface area contributed by atoms with Gasteiger partial charge < -0.3 is 4.90 Å². The van der Waals surface area contributed by atoms with E-state index in [2.05, 4.69) is 0 Å². The summed E-state index contributed by atoms with van der Waals surface area (Å²) in [4.78, 5) is 40.8. The third-order valence-corrected chi connectivity index (χ3v) is 5.46. The average molecular weight is 425 g/mol. The van der Waals surface area contributed by atoms with Crippen LogP contribution in [0.15, 0.2) is 71.7 Å². The fourth-order valence-corrected chi connectivity index (χ4v) is 3.83. The fraction of sp³-hybridized carbons (Fsp3) is 0.174. The predicted octanol–water partition coefficient (Wildman–Crippen LogP) is 3.65. The molecule has 4 rings (SSSR count). The van der Waals surface area contributed by atoms with Crippen LogP contribution in [0.4, 0.5) is 4.39 Å². The summed E-state index contributed by atoms with van der Waals surface area (Å²) in [5.74, 6) is -1.59. The number of hydrogen-bond donors (Lipinski definition) is 0. The van der Waals surface area contributed by atoms with Gasteiger partial charge in [-0.3, -0.25) is 19.0 Å². The zero-order chi connectivity index (χ0) is 21.3. The van der Waals surface area contributed by atoms with Crippen LogP contribution in [0.2, 0.25) is 5.02 Å². The van der Waals surface area contributed by atoms with Crippen molar-refractivity contribution in [3.8, 4) is 0 Å². The Hall–Kier alpha value is -3.25. The molecule has 1 aromatic heterocycles. The zero-order valence-corrected chi connectivity index (χ0v) is 16.7. The van der Waals surface area contributed by atoms with Crippen LogP contribution in [-0.4, -0.2) is 27.7 Å². The number of pyridine rings is 1. The molecule has 0 N–H and O–H groups in total. The lowest BCUT2D eigenvalue weighted by atomic mass is 9.97. The number of Topliss-reactive ketones (excluding diaryl/α,β-unsaturated/α-hetero) is 1. The lowest BCUT2D eigenvalue weighted by Crippen LogP contribution is -2.45. The number of nitrogens with zero attached hydrogens (tertiary/aromatic N) is 2. The largest absolute Gasteiger partial charge is 0.336 e. The average Bonchev–Trinajstić information content (AvgIpc) is 2.76. The van der Waals surface area contributed by atoms with Gasteiger partial charge in [0, 0.05) is 30.9 Å². The van der Waals surface area contributed by atoms with Crippen molar-refractivity contribution in [2.24, 2.45) is 0 Å². The first-order chi connectivity index (χ1) is 14.4. The Kier molecular flexibility index (Phi) is 5.50. The van der Waals surface area contributed by atoms with Crippen molar-refractivity contribution in [3.63, 3.8) is 0 Å². The van der Waals surface area contributed by atoms with Crippen LogP contribution >= 0.6 is 11.6 Å². The minimum atomic E-state index is -1.42. The molecular weight excluding hydrogens is 407 g/mol. The molecule has 0 bridgehead atoms. The molecule has 0 saturated heterocycles. The second kappa shape index (κ2) is 8.24. The van der Waals surface area contributed by atoms with Gasteiger partial charge in [0.05, 0.1) is 5.02 Å². The van der Waals surface area contributed by atoms with Gasteiger partial charge in [-0.25, -0.2) is 4.39 Å². The number of ketones is 1. The number of hydrogen-bond acceptors (Lipinski definition) is 3. The van der Waals surface area contributed by atoms with Crippen LogP contribution in [0.25, 0.3) is 0 Å². The van der Waals surface area contributed by atoms with Gasteiger partial charge in [-0.2, -0.15) is 0 Å². The molecule has 1 atom stereocenters. The lowest BCUT2D eigenvalue weighted by molar-refractivity contribution is -0.134. The molecule has 0 fully saturated rings. The quantitative estimate of drug-likeness (QED) is 0.474. The SMILES string of the molecule is O=C(c1ccc(F)cc1)C(C(=O)N1CCc2ccccc2C1)n1cc(Cl)ccc1=O. The van der Waals surface area contributed by atoms with E-state index in [0.717, 1.165) is 27.8 Å². The molecule has 7 heteroatoms. The highest BCUT2D eigenvalue weighted by Crippen LogP contribution is 2.24. The van der Waals surface area contributed by atoms with Gasteiger partial charge in [-0.05, 0) is 47.9 Å². The highest BCUT2D eigenvalue weighted by Gasteiger charge is 2.35. The second-order valence-electron chi connectivity index (χ2n) is 7.15. The van der Waals surface area contributed by atoms with E-state index in [1.165, 1.54) is 30.5 Å². The summed E-state index contributed by atoms with van der Waals surface area (Å²) >= 11 is 6.04. The standard InChI is InChI=1S/C23H18ClFN2O3/c24-18-7-10-20(28)27(14-18)21(22(29)16-5-8-19(25)9-6-16)23(30)26-12-11-15-3-1-2-4-17(15)13-26/h1-10,14,21H,11-13H2. The Morgan fingerprint density at radius 2 is 1.67 bits per heavy atom. The van der Waals surface area contributed by atoms with Gasteiger partial charge in [0.2, 0.25) is 0 Å². The van der Waals surface area contributed by atoms with E-state index in [9.17, 15) is 18.8 Å². The molecule has 30 heavy (non-hydrogen) atoms. The summed E-state index contributed by atoms with van der Waals surface area (Å²) in [5.41, 5.74) is 1.77. The van der Waals surface area contributed by atoms with Crippen molar-refractivity contribution >= 4 is 23.3 Å². The Bertz CT molecular complexity index is 1170. The van der Waals surface area contributed by atoms with E-state index in [0.29, 0.717) is 19.5 Å². The van der Waals surface area contributed by atoms with Crippen molar-refractivity contribution in [2.75, 3.05) is 6.54 Å². The highest BCUT2D eigenvalue weighted by atomic mass is 35.5. The molecule has 1 aliphatic rings. The molecule has 152 valence electrons. The Balaban J connectivity index is 1.74. The van der Waals surface area contributed by atoms with E-state index in [1.54, 1.807) is 4.90 Å². The van der Waals surface area contributed by atoms with Crippen molar-refractivity contribution in [1.29, 1.82) is 0 Å². The van der Waals surface area contributed by atoms with E-state index < -0.39 is 29.1 Å². The van der Waals surface area contributed by atoms with Crippen molar-refractivity contribution in [3.05, 3.63) is 105 Å². The zero-order valence-electron chi connectivity index (χ0n) is 15.9. The molecule has 3 aromatic rings. The second-order valence-corrected chi connectivity index (χ2v) is 7.58. The number of benzene rings is 2. The minimum Gasteiger partial charge on any atom is -0.336 e. The number of amides is 1. The summed E-state index contributed by atoms with van der Waals surface area (Å²) < 4.78 is 14.4. The lowest BCUT2D eigenvalue weighted by Gasteiger charge is -2.32. The number of carbonyl (C=O) groups is 2. The molecule has 1 amide bonds. The van der Waals surface area contributed by atoms with Crippen LogP contribution in [-0.2, 0) is 17.8 Å². The maximum atomic E-state index is 13.5. The van der Waals surface area contributed by atoms with Crippen LogP contribution in [0.1, 0.15) is 27.5 Å². The number of carbonyl (C=O) groups excluding carboxylic acids is 2. The smallest absolute Gasteiger partial charge is 0.254 e. The Morgan fingerprint density at radius 1 is 0.967 bits per heavy atom. The number of halogens is 2. The van der Waals surface area contributed by atoms with E-state index >= 15 is 0 Å². The summed E-state index contributed by atoms with van der Waals surface area (Å²) in [7, 11) is 0. The molecule has 0 radical (unpaired) electrons. The fourth-order valence-electron chi connectivity index (χ4n) is 3.66. The first-order valence-electron chi connectivity index (χ1n) is 9.47. The third-order valence-electron chi connectivity index (χ3n) is 5.23. The third kappa shape index (κ3) is 3.91. The summed E-state index contributed by atoms with van der Waals surface area (Å²) in [5, 5.41) is 0.225. The van der Waals surface area contributed by atoms with Crippen molar-refractivity contribution in [2.45, 2.75) is 19.0 Å². The monoisotopic (exact) mass is 424 g/mol. The predicted molar refractivity (Wildman–Crippen MR) is 111 cm³/mol. The molecule has 2 aromatic carbocycles.